The molecule has 2 aliphatic rings. The molecule has 0 radical (unpaired) electrons. The molecule has 2 aliphatic heterocycles. The van der Waals surface area contributed by atoms with Crippen molar-refractivity contribution in [2.24, 2.45) is 4.99 Å². The fourth-order valence-electron chi connectivity index (χ4n) is 2.88. The number of hydrogen-bond donors (Lipinski definition) is 0. The van der Waals surface area contributed by atoms with E-state index >= 15 is 0 Å². The molecule has 25 heavy (non-hydrogen) atoms. The average Bonchev–Trinajstić information content (AvgIpc) is 3.01. The van der Waals surface area contributed by atoms with Crippen molar-refractivity contribution < 1.29 is 14.3 Å². The van der Waals surface area contributed by atoms with Crippen LogP contribution in [0.15, 0.2) is 28.1 Å². The maximum Gasteiger partial charge on any atom is 0.286 e. The Morgan fingerprint density at radius 1 is 1.24 bits per heavy atom. The number of aliphatic imine (C=N–C) groups is 1. The minimum Gasteiger partial charge on any atom is -0.493 e. The van der Waals surface area contributed by atoms with Crippen LogP contribution in [0.2, 0.25) is 0 Å². The molecule has 1 aromatic carbocycles. The molecule has 5 nitrogen and oxygen atoms in total. The molecule has 0 unspecified atom stereocenters. The van der Waals surface area contributed by atoms with Gasteiger partial charge in [0.1, 0.15) is 0 Å². The van der Waals surface area contributed by atoms with Crippen molar-refractivity contribution >= 4 is 28.9 Å². The van der Waals surface area contributed by atoms with Crippen molar-refractivity contribution in [2.45, 2.75) is 32.6 Å². The lowest BCUT2D eigenvalue weighted by Gasteiger charge is -2.27. The molecule has 0 N–H and O–H groups in total. The number of nitrogens with zero attached hydrogens (tertiary/aromatic N) is 2. The highest BCUT2D eigenvalue weighted by Crippen LogP contribution is 2.34. The molecule has 0 spiro atoms. The number of amidine groups is 1. The second-order valence-corrected chi connectivity index (χ2v) is 7.13. The Labute approximate surface area is 153 Å². The van der Waals surface area contributed by atoms with Crippen LogP contribution in [0.3, 0.4) is 0 Å². The third-order valence-electron chi connectivity index (χ3n) is 4.18. The number of carbonyl (C=O) groups is 1. The number of amides is 1. The number of ether oxygens (including phenoxy) is 2. The number of benzene rings is 1. The lowest BCUT2D eigenvalue weighted by atomic mass is 10.1. The highest BCUT2D eigenvalue weighted by atomic mass is 32.2. The summed E-state index contributed by atoms with van der Waals surface area (Å²) in [4.78, 5) is 19.4. The second-order valence-electron chi connectivity index (χ2n) is 6.12. The van der Waals surface area contributed by atoms with E-state index in [1.54, 1.807) is 7.11 Å². The Balaban J connectivity index is 1.75. The molecule has 134 valence electrons. The third kappa shape index (κ3) is 4.37. The van der Waals surface area contributed by atoms with Crippen LogP contribution >= 0.6 is 11.8 Å². The van der Waals surface area contributed by atoms with E-state index in [9.17, 15) is 4.79 Å². The number of carbonyl (C=O) groups excluding carboxylic acids is 1. The van der Waals surface area contributed by atoms with E-state index < -0.39 is 0 Å². The third-order valence-corrected chi connectivity index (χ3v) is 5.23. The number of methoxy groups -OCH3 is 1. The number of piperidine rings is 1. The van der Waals surface area contributed by atoms with Gasteiger partial charge in [-0.05, 0) is 61.2 Å². The lowest BCUT2D eigenvalue weighted by molar-refractivity contribution is -0.113. The molecular formula is C19H24N2O3S. The van der Waals surface area contributed by atoms with Crippen LogP contribution in [0.1, 0.15) is 38.2 Å². The molecule has 1 amide bonds. The molecule has 6 heteroatoms. The Bertz CT molecular complexity index is 694. The van der Waals surface area contributed by atoms with Crippen molar-refractivity contribution in [1.29, 1.82) is 0 Å². The molecular weight excluding hydrogens is 336 g/mol. The average molecular weight is 360 g/mol. The molecule has 0 bridgehead atoms. The van der Waals surface area contributed by atoms with E-state index in [1.807, 2.05) is 24.3 Å². The summed E-state index contributed by atoms with van der Waals surface area (Å²) in [6.07, 6.45) is 6.41. The summed E-state index contributed by atoms with van der Waals surface area (Å²) < 4.78 is 11.1. The normalized spacial score (nSPS) is 19.3. The largest absolute Gasteiger partial charge is 0.493 e. The SMILES string of the molecule is CCCOc1cc(/C=C2\SC(N3CCCCC3)=NC2=O)ccc1OC. The second kappa shape index (κ2) is 8.43. The van der Waals surface area contributed by atoms with E-state index in [1.165, 1.54) is 31.0 Å². The molecule has 0 saturated carbocycles. The lowest BCUT2D eigenvalue weighted by Crippen LogP contribution is -2.33. The molecule has 0 aromatic heterocycles. The summed E-state index contributed by atoms with van der Waals surface area (Å²) >= 11 is 1.47. The molecule has 1 fully saturated rings. The Kier molecular flexibility index (Phi) is 6.02. The van der Waals surface area contributed by atoms with Crippen molar-refractivity contribution in [3.8, 4) is 11.5 Å². The molecule has 3 rings (SSSR count). The van der Waals surface area contributed by atoms with Crippen LogP contribution in [0.4, 0.5) is 0 Å². The zero-order valence-electron chi connectivity index (χ0n) is 14.8. The highest BCUT2D eigenvalue weighted by Gasteiger charge is 2.26. The minimum atomic E-state index is -0.155. The van der Waals surface area contributed by atoms with E-state index in [2.05, 4.69) is 16.8 Å². The summed E-state index contributed by atoms with van der Waals surface area (Å²) in [5.74, 6) is 1.25. The predicted molar refractivity (Wildman–Crippen MR) is 102 cm³/mol. The summed E-state index contributed by atoms with van der Waals surface area (Å²) in [6.45, 7) is 4.67. The highest BCUT2D eigenvalue weighted by molar-refractivity contribution is 8.18. The number of rotatable bonds is 5. The van der Waals surface area contributed by atoms with Gasteiger partial charge in [0, 0.05) is 13.1 Å². The number of hydrogen-bond acceptors (Lipinski definition) is 5. The number of thioether (sulfide) groups is 1. The minimum absolute atomic E-state index is 0.155. The van der Waals surface area contributed by atoms with Gasteiger partial charge in [-0.2, -0.15) is 4.99 Å². The molecule has 1 saturated heterocycles. The van der Waals surface area contributed by atoms with Gasteiger partial charge in [-0.1, -0.05) is 13.0 Å². The van der Waals surface area contributed by atoms with Gasteiger partial charge in [0.25, 0.3) is 5.91 Å². The first-order valence-electron chi connectivity index (χ1n) is 8.79. The zero-order chi connectivity index (χ0) is 17.6. The van der Waals surface area contributed by atoms with Gasteiger partial charge in [-0.25, -0.2) is 0 Å². The van der Waals surface area contributed by atoms with Crippen molar-refractivity contribution in [3.05, 3.63) is 28.7 Å². The molecule has 1 aromatic rings. The maximum atomic E-state index is 12.3. The zero-order valence-corrected chi connectivity index (χ0v) is 15.6. The van der Waals surface area contributed by atoms with Crippen molar-refractivity contribution in [3.63, 3.8) is 0 Å². The monoisotopic (exact) mass is 360 g/mol. The summed E-state index contributed by atoms with van der Waals surface area (Å²) in [5.41, 5.74) is 0.915. The molecule has 0 atom stereocenters. The standard InChI is InChI=1S/C19H24N2O3S/c1-3-11-24-16-12-14(7-8-15(16)23-2)13-17-18(22)20-19(25-17)21-9-5-4-6-10-21/h7-8,12-13H,3-6,9-11H2,1-2H3/b17-13-. The topological polar surface area (TPSA) is 51.1 Å². The number of likely N-dealkylation sites (tertiary alicyclic amines) is 1. The van der Waals surface area contributed by atoms with E-state index in [4.69, 9.17) is 9.47 Å². The van der Waals surface area contributed by atoms with Gasteiger partial charge in [0.05, 0.1) is 18.6 Å². The Morgan fingerprint density at radius 2 is 2.04 bits per heavy atom. The van der Waals surface area contributed by atoms with E-state index in [0.29, 0.717) is 23.0 Å². The van der Waals surface area contributed by atoms with Gasteiger partial charge >= 0.3 is 0 Å². The van der Waals surface area contributed by atoms with Crippen LogP contribution in [0.5, 0.6) is 11.5 Å². The fourth-order valence-corrected chi connectivity index (χ4v) is 3.84. The van der Waals surface area contributed by atoms with Crippen LogP contribution < -0.4 is 9.47 Å². The summed E-state index contributed by atoms with van der Waals surface area (Å²) in [5, 5.41) is 0.840. The first kappa shape index (κ1) is 17.9. The van der Waals surface area contributed by atoms with Crippen LogP contribution in [-0.4, -0.2) is 42.8 Å². The predicted octanol–water partition coefficient (Wildman–Crippen LogP) is 3.94. The Morgan fingerprint density at radius 3 is 2.76 bits per heavy atom. The van der Waals surface area contributed by atoms with E-state index in [0.717, 1.165) is 30.2 Å². The van der Waals surface area contributed by atoms with Gasteiger partial charge in [0.15, 0.2) is 16.7 Å². The van der Waals surface area contributed by atoms with Crippen LogP contribution in [0, 0.1) is 0 Å². The fraction of sp³-hybridized carbons (Fsp3) is 0.474. The smallest absolute Gasteiger partial charge is 0.286 e. The quantitative estimate of drug-likeness (QED) is 0.745. The molecule has 0 aliphatic carbocycles. The Hall–Kier alpha value is -1.95. The van der Waals surface area contributed by atoms with Gasteiger partial charge in [0.2, 0.25) is 0 Å². The van der Waals surface area contributed by atoms with Gasteiger partial charge in [-0.3, -0.25) is 4.79 Å². The van der Waals surface area contributed by atoms with Gasteiger partial charge < -0.3 is 14.4 Å². The molecule has 2 heterocycles. The summed E-state index contributed by atoms with van der Waals surface area (Å²) in [6, 6.07) is 5.71. The van der Waals surface area contributed by atoms with E-state index in [-0.39, 0.29) is 5.91 Å². The van der Waals surface area contributed by atoms with Crippen molar-refractivity contribution in [2.75, 3.05) is 26.8 Å². The van der Waals surface area contributed by atoms with Gasteiger partial charge in [-0.15, -0.1) is 0 Å². The first-order valence-corrected chi connectivity index (χ1v) is 9.61. The maximum absolute atomic E-state index is 12.3. The first-order chi connectivity index (χ1) is 12.2. The van der Waals surface area contributed by atoms with Crippen molar-refractivity contribution in [1.82, 2.24) is 4.90 Å². The van der Waals surface area contributed by atoms with Crippen LogP contribution in [-0.2, 0) is 4.79 Å². The van der Waals surface area contributed by atoms with Crippen LogP contribution in [0.25, 0.3) is 6.08 Å². The summed E-state index contributed by atoms with van der Waals surface area (Å²) in [7, 11) is 1.63.